The number of imide groups is 1. The number of rotatable bonds is 3. The van der Waals surface area contributed by atoms with Gasteiger partial charge in [0.1, 0.15) is 11.4 Å². The molecule has 0 N–H and O–H groups in total. The molecular formula is C20H25N3O5. The number of methoxy groups -OCH3 is 1. The monoisotopic (exact) mass is 387 g/mol. The number of amides is 4. The fourth-order valence-electron chi connectivity index (χ4n) is 3.21. The highest BCUT2D eigenvalue weighted by molar-refractivity contribution is 6.17. The van der Waals surface area contributed by atoms with Crippen molar-refractivity contribution < 1.29 is 23.9 Å². The van der Waals surface area contributed by atoms with Gasteiger partial charge < -0.3 is 14.4 Å². The van der Waals surface area contributed by atoms with Crippen LogP contribution in [-0.2, 0) is 16.1 Å². The molecule has 8 heteroatoms. The number of aliphatic imine (C=N–C) groups is 1. The summed E-state index contributed by atoms with van der Waals surface area (Å²) in [6.45, 7) is 6.05. The lowest BCUT2D eigenvalue weighted by molar-refractivity contribution is -0.131. The Morgan fingerprint density at radius 2 is 1.89 bits per heavy atom. The zero-order valence-corrected chi connectivity index (χ0v) is 16.6. The van der Waals surface area contributed by atoms with E-state index in [1.54, 1.807) is 52.1 Å². The molecule has 1 aromatic carbocycles. The highest BCUT2D eigenvalue weighted by Crippen LogP contribution is 2.25. The van der Waals surface area contributed by atoms with Crippen molar-refractivity contribution >= 4 is 23.7 Å². The van der Waals surface area contributed by atoms with Gasteiger partial charge >= 0.3 is 12.1 Å². The third-order valence-corrected chi connectivity index (χ3v) is 4.63. The van der Waals surface area contributed by atoms with E-state index in [4.69, 9.17) is 9.47 Å². The van der Waals surface area contributed by atoms with Crippen molar-refractivity contribution in [3.8, 4) is 5.75 Å². The minimum absolute atomic E-state index is 0.126. The fraction of sp³-hybridized carbons (Fsp3) is 0.500. The Hall–Kier alpha value is -2.90. The van der Waals surface area contributed by atoms with Gasteiger partial charge in [-0.1, -0.05) is 12.1 Å². The molecule has 0 spiro atoms. The van der Waals surface area contributed by atoms with E-state index in [0.717, 1.165) is 10.5 Å². The number of carbonyl (C=O) groups is 3. The molecule has 2 aliphatic rings. The summed E-state index contributed by atoms with van der Waals surface area (Å²) in [5.41, 5.74) is 0.722. The summed E-state index contributed by atoms with van der Waals surface area (Å²) in [4.78, 5) is 44.5. The van der Waals surface area contributed by atoms with Crippen molar-refractivity contribution in [3.05, 3.63) is 29.8 Å². The fourth-order valence-corrected chi connectivity index (χ4v) is 3.21. The van der Waals surface area contributed by atoms with Crippen LogP contribution in [-0.4, -0.2) is 59.3 Å². The second-order valence-corrected chi connectivity index (χ2v) is 7.89. The summed E-state index contributed by atoms with van der Waals surface area (Å²) in [7, 11) is 1.57. The van der Waals surface area contributed by atoms with Crippen LogP contribution < -0.4 is 4.74 Å². The molecule has 28 heavy (non-hydrogen) atoms. The summed E-state index contributed by atoms with van der Waals surface area (Å²) in [5, 5.41) is 0. The van der Waals surface area contributed by atoms with Crippen molar-refractivity contribution in [1.82, 2.24) is 9.80 Å². The van der Waals surface area contributed by atoms with Crippen molar-refractivity contribution in [2.24, 2.45) is 10.9 Å². The predicted octanol–water partition coefficient (Wildman–Crippen LogP) is 2.86. The van der Waals surface area contributed by atoms with Gasteiger partial charge in [-0.2, -0.15) is 0 Å². The zero-order chi connectivity index (χ0) is 20.5. The number of likely N-dealkylation sites (tertiary alicyclic amines) is 1. The Kier molecular flexibility index (Phi) is 5.40. The molecule has 2 aliphatic heterocycles. The molecule has 0 aliphatic carbocycles. The van der Waals surface area contributed by atoms with E-state index < -0.39 is 23.6 Å². The first-order valence-corrected chi connectivity index (χ1v) is 9.21. The average molecular weight is 387 g/mol. The molecule has 8 nitrogen and oxygen atoms in total. The van der Waals surface area contributed by atoms with Gasteiger partial charge in [-0.3, -0.25) is 9.69 Å². The first kappa shape index (κ1) is 19.9. The van der Waals surface area contributed by atoms with Gasteiger partial charge in [0.25, 0.3) is 0 Å². The molecule has 3 rings (SSSR count). The Morgan fingerprint density at radius 1 is 1.21 bits per heavy atom. The summed E-state index contributed by atoms with van der Waals surface area (Å²) in [6, 6.07) is 6.58. The Bertz CT molecular complexity index is 810. The molecule has 2 heterocycles. The second-order valence-electron chi connectivity index (χ2n) is 7.89. The molecule has 0 radical (unpaired) electrons. The van der Waals surface area contributed by atoms with E-state index in [1.165, 1.54) is 4.90 Å². The molecular weight excluding hydrogens is 362 g/mol. The number of ether oxygens (including phenoxy) is 2. The molecule has 1 aromatic rings. The summed E-state index contributed by atoms with van der Waals surface area (Å²) >= 11 is 0. The van der Waals surface area contributed by atoms with Crippen LogP contribution in [0.2, 0.25) is 0 Å². The molecule has 1 unspecified atom stereocenters. The maximum atomic E-state index is 13.0. The molecule has 0 bridgehead atoms. The Morgan fingerprint density at radius 3 is 2.50 bits per heavy atom. The molecule has 0 saturated carbocycles. The summed E-state index contributed by atoms with van der Waals surface area (Å²) in [5.74, 6) is -0.253. The van der Waals surface area contributed by atoms with Crippen LogP contribution >= 0.6 is 0 Å². The molecule has 4 amide bonds. The van der Waals surface area contributed by atoms with Crippen LogP contribution in [0.1, 0.15) is 32.8 Å². The van der Waals surface area contributed by atoms with Crippen LogP contribution in [0, 0.1) is 5.92 Å². The molecule has 1 atom stereocenters. The quantitative estimate of drug-likeness (QED) is 0.796. The third-order valence-electron chi connectivity index (χ3n) is 4.63. The van der Waals surface area contributed by atoms with Crippen molar-refractivity contribution in [2.45, 2.75) is 39.3 Å². The van der Waals surface area contributed by atoms with Crippen molar-refractivity contribution in [2.75, 3.05) is 20.2 Å². The van der Waals surface area contributed by atoms with Gasteiger partial charge in [0.2, 0.25) is 5.91 Å². The van der Waals surface area contributed by atoms with Gasteiger partial charge in [0.15, 0.2) is 0 Å². The topological polar surface area (TPSA) is 88.5 Å². The number of piperidine rings is 1. The standard InChI is InChI=1S/C20H25N3O5/c1-20(2,3)28-19(26)22-10-9-16-15(12-22)17(24)23(18(25)21-16)11-13-5-7-14(27-4)8-6-13/h5-8,15H,9-12H2,1-4H3. The largest absolute Gasteiger partial charge is 0.497 e. The SMILES string of the molecule is COc1ccc(CN2C(=O)N=C3CCN(C(=O)OC(C)(C)C)CC3C2=O)cc1. The van der Waals surface area contributed by atoms with Gasteiger partial charge in [-0.25, -0.2) is 14.6 Å². The number of hydrogen-bond donors (Lipinski definition) is 0. The third kappa shape index (κ3) is 4.32. The van der Waals surface area contributed by atoms with Crippen LogP contribution in [0.15, 0.2) is 29.3 Å². The number of benzene rings is 1. The van der Waals surface area contributed by atoms with Gasteiger partial charge in [0, 0.05) is 25.2 Å². The number of urea groups is 1. The summed E-state index contributed by atoms with van der Waals surface area (Å²) in [6.07, 6.45) is -0.0736. The molecule has 1 saturated heterocycles. The molecule has 0 aromatic heterocycles. The minimum atomic E-state index is -0.614. The maximum Gasteiger partial charge on any atom is 0.410 e. The zero-order valence-electron chi connectivity index (χ0n) is 16.6. The van der Waals surface area contributed by atoms with Crippen LogP contribution in [0.4, 0.5) is 9.59 Å². The van der Waals surface area contributed by atoms with Gasteiger partial charge in [0.05, 0.1) is 19.6 Å². The first-order valence-electron chi connectivity index (χ1n) is 9.21. The average Bonchev–Trinajstić information content (AvgIpc) is 2.64. The second kappa shape index (κ2) is 7.61. The predicted molar refractivity (Wildman–Crippen MR) is 102 cm³/mol. The normalized spacial score (nSPS) is 19.9. The van der Waals surface area contributed by atoms with E-state index in [0.29, 0.717) is 24.4 Å². The van der Waals surface area contributed by atoms with Crippen LogP contribution in [0.3, 0.4) is 0 Å². The van der Waals surface area contributed by atoms with E-state index >= 15 is 0 Å². The van der Waals surface area contributed by atoms with E-state index in [2.05, 4.69) is 4.99 Å². The van der Waals surface area contributed by atoms with Crippen LogP contribution in [0.5, 0.6) is 5.75 Å². The van der Waals surface area contributed by atoms with Gasteiger partial charge in [-0.15, -0.1) is 0 Å². The Balaban J connectivity index is 1.73. The van der Waals surface area contributed by atoms with Gasteiger partial charge in [-0.05, 0) is 38.5 Å². The lowest BCUT2D eigenvalue weighted by atomic mass is 9.92. The van der Waals surface area contributed by atoms with Crippen molar-refractivity contribution in [3.63, 3.8) is 0 Å². The molecule has 1 fully saturated rings. The van der Waals surface area contributed by atoms with E-state index in [9.17, 15) is 14.4 Å². The highest BCUT2D eigenvalue weighted by atomic mass is 16.6. The first-order chi connectivity index (χ1) is 13.2. The number of hydrogen-bond acceptors (Lipinski definition) is 5. The van der Waals surface area contributed by atoms with E-state index in [1.807, 2.05) is 0 Å². The van der Waals surface area contributed by atoms with Crippen LogP contribution in [0.25, 0.3) is 0 Å². The number of fused-ring (bicyclic) bond motifs is 1. The lowest BCUT2D eigenvalue weighted by Crippen LogP contribution is -2.55. The summed E-state index contributed by atoms with van der Waals surface area (Å²) < 4.78 is 10.5. The minimum Gasteiger partial charge on any atom is -0.497 e. The highest BCUT2D eigenvalue weighted by Gasteiger charge is 2.42. The van der Waals surface area contributed by atoms with Crippen molar-refractivity contribution in [1.29, 1.82) is 0 Å². The molecule has 150 valence electrons. The maximum absolute atomic E-state index is 13.0. The lowest BCUT2D eigenvalue weighted by Gasteiger charge is -2.38. The smallest absolute Gasteiger partial charge is 0.410 e. The van der Waals surface area contributed by atoms with E-state index in [-0.39, 0.29) is 19.0 Å². The Labute approximate surface area is 164 Å². The number of carbonyl (C=O) groups excluding carboxylic acids is 3. The number of nitrogens with zero attached hydrogens (tertiary/aromatic N) is 3.